The second kappa shape index (κ2) is 7.81. The summed E-state index contributed by atoms with van der Waals surface area (Å²) in [5, 5.41) is 15.5. The molecule has 9 heteroatoms. The van der Waals surface area contributed by atoms with Gasteiger partial charge in [0, 0.05) is 36.2 Å². The van der Waals surface area contributed by atoms with E-state index in [0.29, 0.717) is 17.1 Å². The van der Waals surface area contributed by atoms with Crippen LogP contribution in [0.3, 0.4) is 0 Å². The third-order valence-electron chi connectivity index (χ3n) is 6.27. The number of rotatable bonds is 6. The van der Waals surface area contributed by atoms with Gasteiger partial charge in [0.25, 0.3) is 0 Å². The lowest BCUT2D eigenvalue weighted by Crippen LogP contribution is -2.51. The molecule has 156 valence electrons. The predicted molar refractivity (Wildman–Crippen MR) is 112 cm³/mol. The van der Waals surface area contributed by atoms with Gasteiger partial charge in [0.15, 0.2) is 0 Å². The van der Waals surface area contributed by atoms with Crippen LogP contribution in [0.25, 0.3) is 0 Å². The first-order valence-corrected chi connectivity index (χ1v) is 11.1. The molecule has 1 spiro atoms. The number of anilines is 1. The standard InChI is InChI=1S/C20H24ClN3O4S/c1-22-17(26)14-13-7-8-20(29-13)15(14)19(28)24(9-2-10-25)16(20)18(27)23-12-5-3-11(21)4-6-12/h3-6,13-16,25H,2,7-10H2,1H3,(H,22,26)(H,23,27)/t13-,14+,15-,16?,20?/m0/s1. The Morgan fingerprint density at radius 1 is 1.31 bits per heavy atom. The molecule has 0 aromatic heterocycles. The number of hydrogen-bond donors (Lipinski definition) is 3. The van der Waals surface area contributed by atoms with E-state index in [0.717, 1.165) is 12.8 Å². The molecule has 4 rings (SSSR count). The van der Waals surface area contributed by atoms with E-state index < -0.39 is 22.6 Å². The van der Waals surface area contributed by atoms with Crippen LogP contribution in [0.5, 0.6) is 0 Å². The van der Waals surface area contributed by atoms with Crippen molar-refractivity contribution in [3.05, 3.63) is 29.3 Å². The van der Waals surface area contributed by atoms with Crippen LogP contribution in [0.2, 0.25) is 5.02 Å². The molecule has 3 saturated heterocycles. The molecule has 2 unspecified atom stereocenters. The van der Waals surface area contributed by atoms with Gasteiger partial charge in [-0.2, -0.15) is 0 Å². The first-order chi connectivity index (χ1) is 13.9. The van der Waals surface area contributed by atoms with Gasteiger partial charge in [-0.15, -0.1) is 11.8 Å². The molecule has 0 aliphatic carbocycles. The Morgan fingerprint density at radius 3 is 2.69 bits per heavy atom. The molecule has 3 aliphatic rings. The van der Waals surface area contributed by atoms with Gasteiger partial charge in [-0.25, -0.2) is 0 Å². The number of nitrogens with zero attached hydrogens (tertiary/aromatic N) is 1. The van der Waals surface area contributed by atoms with Crippen molar-refractivity contribution in [2.45, 2.75) is 35.3 Å². The summed E-state index contributed by atoms with van der Waals surface area (Å²) >= 11 is 7.55. The highest BCUT2D eigenvalue weighted by Crippen LogP contribution is 2.66. The molecule has 3 aliphatic heterocycles. The summed E-state index contributed by atoms with van der Waals surface area (Å²) < 4.78 is -0.606. The fraction of sp³-hybridized carbons (Fsp3) is 0.550. The zero-order chi connectivity index (χ0) is 20.8. The van der Waals surface area contributed by atoms with Crippen molar-refractivity contribution in [3.63, 3.8) is 0 Å². The van der Waals surface area contributed by atoms with Gasteiger partial charge in [0.05, 0.1) is 16.6 Å². The van der Waals surface area contributed by atoms with Crippen LogP contribution in [-0.2, 0) is 14.4 Å². The number of aliphatic hydroxyl groups is 1. The Bertz CT molecular complexity index is 836. The minimum absolute atomic E-state index is 0.0507. The molecule has 3 fully saturated rings. The number of aliphatic hydroxyl groups excluding tert-OH is 1. The van der Waals surface area contributed by atoms with E-state index in [-0.39, 0.29) is 36.1 Å². The fourth-order valence-corrected chi connectivity index (χ4v) is 7.49. The number of carbonyl (C=O) groups excluding carboxylic acids is 3. The molecular weight excluding hydrogens is 414 g/mol. The molecule has 2 bridgehead atoms. The zero-order valence-electron chi connectivity index (χ0n) is 16.1. The number of nitrogens with one attached hydrogen (secondary N) is 2. The molecule has 5 atom stereocenters. The van der Waals surface area contributed by atoms with Crippen molar-refractivity contribution in [1.29, 1.82) is 0 Å². The van der Waals surface area contributed by atoms with Gasteiger partial charge in [-0.05, 0) is 43.5 Å². The fourth-order valence-electron chi connectivity index (χ4n) is 5.15. The maximum absolute atomic E-state index is 13.4. The zero-order valence-corrected chi connectivity index (χ0v) is 17.6. The molecule has 7 nitrogen and oxygen atoms in total. The molecule has 29 heavy (non-hydrogen) atoms. The number of halogens is 1. The number of likely N-dealkylation sites (tertiary alicyclic amines) is 1. The molecule has 0 radical (unpaired) electrons. The third kappa shape index (κ3) is 3.21. The number of fused-ring (bicyclic) bond motifs is 1. The smallest absolute Gasteiger partial charge is 0.248 e. The third-order valence-corrected chi connectivity index (χ3v) is 8.47. The Morgan fingerprint density at radius 2 is 2.03 bits per heavy atom. The lowest BCUT2D eigenvalue weighted by Gasteiger charge is -2.34. The first-order valence-electron chi connectivity index (χ1n) is 9.80. The summed E-state index contributed by atoms with van der Waals surface area (Å²) in [6.45, 7) is 0.222. The van der Waals surface area contributed by atoms with Gasteiger partial charge in [-0.3, -0.25) is 14.4 Å². The predicted octanol–water partition coefficient (Wildman–Crippen LogP) is 1.50. The van der Waals surface area contributed by atoms with Gasteiger partial charge < -0.3 is 20.6 Å². The van der Waals surface area contributed by atoms with E-state index in [1.54, 1.807) is 48.0 Å². The topological polar surface area (TPSA) is 98.7 Å². The minimum atomic E-state index is -0.674. The number of benzene rings is 1. The van der Waals surface area contributed by atoms with Crippen LogP contribution in [0.15, 0.2) is 24.3 Å². The highest BCUT2D eigenvalue weighted by Gasteiger charge is 2.73. The summed E-state index contributed by atoms with van der Waals surface area (Å²) in [6.07, 6.45) is 1.92. The van der Waals surface area contributed by atoms with Crippen molar-refractivity contribution in [3.8, 4) is 0 Å². The quantitative estimate of drug-likeness (QED) is 0.626. The van der Waals surface area contributed by atoms with Crippen molar-refractivity contribution in [2.75, 3.05) is 25.5 Å². The summed E-state index contributed by atoms with van der Waals surface area (Å²) in [4.78, 5) is 40.9. The number of amides is 3. The minimum Gasteiger partial charge on any atom is -0.396 e. The van der Waals surface area contributed by atoms with Gasteiger partial charge in [0.1, 0.15) is 6.04 Å². The highest BCUT2D eigenvalue weighted by molar-refractivity contribution is 8.02. The van der Waals surface area contributed by atoms with E-state index in [1.165, 1.54) is 0 Å². The van der Waals surface area contributed by atoms with Crippen LogP contribution in [0, 0.1) is 11.8 Å². The Labute approximate surface area is 178 Å². The van der Waals surface area contributed by atoms with Gasteiger partial charge in [-0.1, -0.05) is 11.6 Å². The summed E-state index contributed by atoms with van der Waals surface area (Å²) in [5.41, 5.74) is 0.606. The second-order valence-corrected chi connectivity index (χ2v) is 9.81. The Balaban J connectivity index is 1.68. The molecule has 0 saturated carbocycles. The Hall–Kier alpha value is -1.77. The monoisotopic (exact) mass is 437 g/mol. The van der Waals surface area contributed by atoms with E-state index in [1.807, 2.05) is 0 Å². The highest BCUT2D eigenvalue weighted by atomic mass is 35.5. The largest absolute Gasteiger partial charge is 0.396 e. The molecule has 3 amide bonds. The van der Waals surface area contributed by atoms with Crippen molar-refractivity contribution < 1.29 is 19.5 Å². The van der Waals surface area contributed by atoms with Crippen molar-refractivity contribution >= 4 is 46.8 Å². The van der Waals surface area contributed by atoms with Crippen LogP contribution in [-0.4, -0.2) is 64.0 Å². The van der Waals surface area contributed by atoms with Crippen molar-refractivity contribution in [1.82, 2.24) is 10.2 Å². The lowest BCUT2D eigenvalue weighted by atomic mass is 9.71. The second-order valence-electron chi connectivity index (χ2n) is 7.78. The van der Waals surface area contributed by atoms with Crippen LogP contribution in [0.1, 0.15) is 19.3 Å². The summed E-state index contributed by atoms with van der Waals surface area (Å²) in [6, 6.07) is 6.15. The molecule has 1 aromatic carbocycles. The average molecular weight is 438 g/mol. The first kappa shape index (κ1) is 20.5. The molecule has 3 heterocycles. The number of carbonyl (C=O) groups is 3. The van der Waals surface area contributed by atoms with Gasteiger partial charge >= 0.3 is 0 Å². The number of hydrogen-bond acceptors (Lipinski definition) is 5. The van der Waals surface area contributed by atoms with E-state index in [4.69, 9.17) is 11.6 Å². The van der Waals surface area contributed by atoms with Gasteiger partial charge in [0.2, 0.25) is 17.7 Å². The van der Waals surface area contributed by atoms with E-state index >= 15 is 0 Å². The molecule has 3 N–H and O–H groups in total. The SMILES string of the molecule is CNC(=O)[C@@H]1[C@@H]2CCC3(S2)C(C(=O)Nc2ccc(Cl)cc2)N(CCCO)C(=O)[C@H]13. The number of thioether (sulfide) groups is 1. The Kier molecular flexibility index (Phi) is 5.52. The molecular formula is C20H24ClN3O4S. The lowest BCUT2D eigenvalue weighted by molar-refractivity contribution is -0.139. The van der Waals surface area contributed by atoms with Crippen LogP contribution in [0.4, 0.5) is 5.69 Å². The summed E-state index contributed by atoms with van der Waals surface area (Å²) in [7, 11) is 1.58. The van der Waals surface area contributed by atoms with E-state index in [2.05, 4.69) is 10.6 Å². The van der Waals surface area contributed by atoms with Crippen LogP contribution < -0.4 is 10.6 Å². The maximum Gasteiger partial charge on any atom is 0.248 e. The average Bonchev–Trinajstić information content (AvgIpc) is 3.35. The summed E-state index contributed by atoms with van der Waals surface area (Å²) in [5.74, 6) is -1.48. The van der Waals surface area contributed by atoms with E-state index in [9.17, 15) is 19.5 Å². The maximum atomic E-state index is 13.4. The normalized spacial score (nSPS) is 32.4. The van der Waals surface area contributed by atoms with Crippen LogP contribution >= 0.6 is 23.4 Å². The molecule has 1 aromatic rings. The van der Waals surface area contributed by atoms with Crippen molar-refractivity contribution in [2.24, 2.45) is 11.8 Å².